The first-order chi connectivity index (χ1) is 9.08. The van der Waals surface area contributed by atoms with Gasteiger partial charge in [0.25, 0.3) is 5.91 Å². The van der Waals surface area contributed by atoms with Crippen LogP contribution in [0.5, 0.6) is 11.5 Å². The van der Waals surface area contributed by atoms with Crippen LogP contribution in [0.15, 0.2) is 12.1 Å². The van der Waals surface area contributed by atoms with Crippen molar-refractivity contribution in [2.24, 2.45) is 0 Å². The minimum Gasteiger partial charge on any atom is -0.490 e. The smallest absolute Gasteiger partial charge is 0.267 e. The van der Waals surface area contributed by atoms with E-state index in [-0.39, 0.29) is 12.5 Å². The lowest BCUT2D eigenvalue weighted by atomic mass is 10.1. The lowest BCUT2D eigenvalue weighted by Crippen LogP contribution is -2.42. The van der Waals surface area contributed by atoms with Crippen LogP contribution in [0.3, 0.4) is 0 Å². The van der Waals surface area contributed by atoms with Crippen LogP contribution in [-0.2, 0) is 11.4 Å². The van der Waals surface area contributed by atoms with Gasteiger partial charge in [-0.25, -0.2) is 0 Å². The first kappa shape index (κ1) is 13.7. The molecule has 0 saturated heterocycles. The van der Waals surface area contributed by atoms with E-state index in [4.69, 9.17) is 9.47 Å². The second kappa shape index (κ2) is 5.48. The van der Waals surface area contributed by atoms with Gasteiger partial charge in [-0.15, -0.1) is 0 Å². The van der Waals surface area contributed by atoms with Gasteiger partial charge in [0.15, 0.2) is 17.6 Å². The van der Waals surface area contributed by atoms with Crippen LogP contribution in [0.4, 0.5) is 5.69 Å². The molecule has 0 aromatic heterocycles. The number of aliphatic hydroxyl groups excluding tert-OH is 1. The fraction of sp³-hybridized carbons (Fsp3) is 0.500. The van der Waals surface area contributed by atoms with Crippen molar-refractivity contribution in [1.29, 1.82) is 0 Å². The number of rotatable bonds is 4. The highest BCUT2D eigenvalue weighted by Gasteiger charge is 2.31. The molecule has 1 aliphatic heterocycles. The van der Waals surface area contributed by atoms with Crippen LogP contribution in [0.2, 0.25) is 0 Å². The molecule has 1 unspecified atom stereocenters. The Kier molecular flexibility index (Phi) is 3.95. The van der Waals surface area contributed by atoms with E-state index in [1.54, 1.807) is 31.0 Å². The quantitative estimate of drug-likeness (QED) is 0.900. The molecule has 0 fully saturated rings. The molecular formula is C14H19NO4. The van der Waals surface area contributed by atoms with E-state index in [0.717, 1.165) is 6.42 Å². The third kappa shape index (κ3) is 2.51. The highest BCUT2D eigenvalue weighted by molar-refractivity contribution is 6.00. The largest absolute Gasteiger partial charge is 0.490 e. The summed E-state index contributed by atoms with van der Waals surface area (Å²) in [6, 6.07) is 3.50. The summed E-state index contributed by atoms with van der Waals surface area (Å²) in [7, 11) is 1.70. The first-order valence-electron chi connectivity index (χ1n) is 6.43. The molecule has 1 aliphatic rings. The third-order valence-electron chi connectivity index (χ3n) is 3.07. The second-order valence-electron chi connectivity index (χ2n) is 4.61. The SMILES string of the molecule is CCCOc1cc(CO)cc2c1OC(C)C(=O)N2C. The molecule has 0 saturated carbocycles. The Labute approximate surface area is 112 Å². The molecule has 5 heteroatoms. The summed E-state index contributed by atoms with van der Waals surface area (Å²) < 4.78 is 11.3. The number of hydrogen-bond donors (Lipinski definition) is 1. The van der Waals surface area contributed by atoms with E-state index in [2.05, 4.69) is 0 Å². The van der Waals surface area contributed by atoms with Crippen molar-refractivity contribution < 1.29 is 19.4 Å². The molecular weight excluding hydrogens is 246 g/mol. The number of aliphatic hydroxyl groups is 1. The Hall–Kier alpha value is -1.75. The van der Waals surface area contributed by atoms with E-state index >= 15 is 0 Å². The van der Waals surface area contributed by atoms with Crippen LogP contribution in [0.1, 0.15) is 25.8 Å². The zero-order chi connectivity index (χ0) is 14.0. The lowest BCUT2D eigenvalue weighted by molar-refractivity contribution is -0.125. The van der Waals surface area contributed by atoms with E-state index in [1.807, 2.05) is 6.92 Å². The van der Waals surface area contributed by atoms with Crippen molar-refractivity contribution in [2.45, 2.75) is 33.0 Å². The molecule has 1 aromatic carbocycles. The average Bonchev–Trinajstić information content (AvgIpc) is 2.42. The fourth-order valence-electron chi connectivity index (χ4n) is 2.04. The van der Waals surface area contributed by atoms with Gasteiger partial charge < -0.3 is 19.5 Å². The minimum absolute atomic E-state index is 0.104. The number of nitrogens with zero attached hydrogens (tertiary/aromatic N) is 1. The number of carbonyl (C=O) groups excluding carboxylic acids is 1. The topological polar surface area (TPSA) is 59.0 Å². The number of ether oxygens (including phenoxy) is 2. The molecule has 1 atom stereocenters. The molecule has 19 heavy (non-hydrogen) atoms. The number of likely N-dealkylation sites (N-methyl/N-ethyl adjacent to an activating group) is 1. The summed E-state index contributed by atoms with van der Waals surface area (Å²) in [5.74, 6) is 1.04. The Morgan fingerprint density at radius 3 is 2.84 bits per heavy atom. The number of amides is 1. The van der Waals surface area contributed by atoms with Crippen molar-refractivity contribution >= 4 is 11.6 Å². The summed E-state index contributed by atoms with van der Waals surface area (Å²) in [5, 5.41) is 9.29. The van der Waals surface area contributed by atoms with Crippen LogP contribution in [0, 0.1) is 0 Å². The van der Waals surface area contributed by atoms with E-state index in [1.165, 1.54) is 0 Å². The number of carbonyl (C=O) groups is 1. The van der Waals surface area contributed by atoms with E-state index in [0.29, 0.717) is 29.4 Å². The molecule has 1 heterocycles. The highest BCUT2D eigenvalue weighted by Crippen LogP contribution is 2.42. The Balaban J connectivity index is 2.47. The Morgan fingerprint density at radius 2 is 2.21 bits per heavy atom. The van der Waals surface area contributed by atoms with Gasteiger partial charge in [-0.05, 0) is 31.0 Å². The van der Waals surface area contributed by atoms with E-state index in [9.17, 15) is 9.90 Å². The van der Waals surface area contributed by atoms with Crippen molar-refractivity contribution in [3.63, 3.8) is 0 Å². The summed E-state index contributed by atoms with van der Waals surface area (Å²) in [5.41, 5.74) is 1.34. The molecule has 1 amide bonds. The van der Waals surface area contributed by atoms with Gasteiger partial charge >= 0.3 is 0 Å². The third-order valence-corrected chi connectivity index (χ3v) is 3.07. The van der Waals surface area contributed by atoms with Crippen LogP contribution in [-0.4, -0.2) is 30.8 Å². The van der Waals surface area contributed by atoms with E-state index < -0.39 is 6.10 Å². The lowest BCUT2D eigenvalue weighted by Gasteiger charge is -2.31. The predicted molar refractivity (Wildman–Crippen MR) is 71.7 cm³/mol. The predicted octanol–water partition coefficient (Wildman–Crippen LogP) is 1.71. The molecule has 104 valence electrons. The van der Waals surface area contributed by atoms with Crippen molar-refractivity contribution in [1.82, 2.24) is 0 Å². The van der Waals surface area contributed by atoms with Gasteiger partial charge in [-0.3, -0.25) is 4.79 Å². The van der Waals surface area contributed by atoms with Gasteiger partial charge in [0.2, 0.25) is 0 Å². The van der Waals surface area contributed by atoms with Crippen molar-refractivity contribution in [3.8, 4) is 11.5 Å². The summed E-state index contributed by atoms with van der Waals surface area (Å²) in [6.45, 7) is 4.19. The molecule has 0 bridgehead atoms. The molecule has 2 rings (SSSR count). The Bertz CT molecular complexity index is 487. The minimum atomic E-state index is -0.526. The summed E-state index contributed by atoms with van der Waals surface area (Å²) >= 11 is 0. The zero-order valence-electron chi connectivity index (χ0n) is 11.5. The molecule has 0 radical (unpaired) electrons. The van der Waals surface area contributed by atoms with Gasteiger partial charge in [-0.2, -0.15) is 0 Å². The number of hydrogen-bond acceptors (Lipinski definition) is 4. The monoisotopic (exact) mass is 265 g/mol. The number of anilines is 1. The number of fused-ring (bicyclic) bond motifs is 1. The molecule has 0 spiro atoms. The normalized spacial score (nSPS) is 18.0. The van der Waals surface area contributed by atoms with Crippen LogP contribution >= 0.6 is 0 Å². The molecule has 1 N–H and O–H groups in total. The van der Waals surface area contributed by atoms with Crippen molar-refractivity contribution in [3.05, 3.63) is 17.7 Å². The fourth-order valence-corrected chi connectivity index (χ4v) is 2.04. The van der Waals surface area contributed by atoms with Gasteiger partial charge in [0, 0.05) is 7.05 Å². The Morgan fingerprint density at radius 1 is 1.47 bits per heavy atom. The molecule has 0 aliphatic carbocycles. The molecule has 1 aromatic rings. The van der Waals surface area contributed by atoms with Crippen LogP contribution < -0.4 is 14.4 Å². The maximum Gasteiger partial charge on any atom is 0.267 e. The summed E-state index contributed by atoms with van der Waals surface area (Å²) in [6.07, 6.45) is 0.351. The highest BCUT2D eigenvalue weighted by atomic mass is 16.5. The maximum atomic E-state index is 11.9. The van der Waals surface area contributed by atoms with Crippen LogP contribution in [0.25, 0.3) is 0 Å². The number of benzene rings is 1. The molecule has 5 nitrogen and oxygen atoms in total. The average molecular weight is 265 g/mol. The summed E-state index contributed by atoms with van der Waals surface area (Å²) in [4.78, 5) is 13.5. The maximum absolute atomic E-state index is 11.9. The van der Waals surface area contributed by atoms with Crippen molar-refractivity contribution in [2.75, 3.05) is 18.6 Å². The van der Waals surface area contributed by atoms with Gasteiger partial charge in [0.1, 0.15) is 0 Å². The zero-order valence-corrected chi connectivity index (χ0v) is 11.5. The van der Waals surface area contributed by atoms with Gasteiger partial charge in [0.05, 0.1) is 18.9 Å². The van der Waals surface area contributed by atoms with Gasteiger partial charge in [-0.1, -0.05) is 6.92 Å². The first-order valence-corrected chi connectivity index (χ1v) is 6.43. The standard InChI is InChI=1S/C14H19NO4/c1-4-5-18-12-7-10(8-16)6-11-13(12)19-9(2)14(17)15(11)3/h6-7,9,16H,4-5,8H2,1-3H3. The second-order valence-corrected chi connectivity index (χ2v) is 4.61.